The lowest BCUT2D eigenvalue weighted by atomic mass is 10.1. The summed E-state index contributed by atoms with van der Waals surface area (Å²) in [6.45, 7) is 4.10. The van der Waals surface area contributed by atoms with Crippen LogP contribution in [0.4, 0.5) is 0 Å². The third-order valence-corrected chi connectivity index (χ3v) is 4.42. The lowest BCUT2D eigenvalue weighted by Crippen LogP contribution is -2.21. The van der Waals surface area contributed by atoms with E-state index in [0.717, 1.165) is 0 Å². The number of carbonyl (C=O) groups excluding carboxylic acids is 2. The minimum atomic E-state index is -0.936. The fraction of sp³-hybridized carbons (Fsp3) is 0.304. The van der Waals surface area contributed by atoms with Crippen molar-refractivity contribution in [3.8, 4) is 5.75 Å². The molecule has 0 amide bonds. The molecule has 1 aromatic heterocycles. The minimum absolute atomic E-state index is 0.135. The number of rotatable bonds is 9. The second kappa shape index (κ2) is 9.93. The highest BCUT2D eigenvalue weighted by Crippen LogP contribution is 2.32. The maximum absolute atomic E-state index is 12.5. The van der Waals surface area contributed by atoms with E-state index >= 15 is 0 Å². The van der Waals surface area contributed by atoms with Gasteiger partial charge in [-0.15, -0.1) is 0 Å². The third-order valence-electron chi connectivity index (χ3n) is 4.42. The van der Waals surface area contributed by atoms with Crippen LogP contribution in [-0.4, -0.2) is 38.9 Å². The molecule has 7 nitrogen and oxygen atoms in total. The van der Waals surface area contributed by atoms with Crippen molar-refractivity contribution >= 4 is 22.9 Å². The average molecular weight is 412 g/mol. The topological polar surface area (TPSA) is 84.2 Å². The number of hydrogen-bond donors (Lipinski definition) is 0. The first-order valence-electron chi connectivity index (χ1n) is 9.62. The van der Waals surface area contributed by atoms with E-state index in [9.17, 15) is 9.59 Å². The van der Waals surface area contributed by atoms with Gasteiger partial charge in [-0.25, -0.2) is 9.59 Å². The molecule has 0 fully saturated rings. The van der Waals surface area contributed by atoms with E-state index in [0.29, 0.717) is 40.2 Å². The Kier molecular flexibility index (Phi) is 7.08. The highest BCUT2D eigenvalue weighted by Gasteiger charge is 2.25. The zero-order chi connectivity index (χ0) is 21.5. The minimum Gasteiger partial charge on any atom is -0.474 e. The van der Waals surface area contributed by atoms with Crippen molar-refractivity contribution < 1.29 is 33.0 Å². The summed E-state index contributed by atoms with van der Waals surface area (Å²) in [5.74, 6) is -0.164. The van der Waals surface area contributed by atoms with Crippen molar-refractivity contribution in [2.45, 2.75) is 20.0 Å². The predicted octanol–water partition coefficient (Wildman–Crippen LogP) is 4.23. The zero-order valence-corrected chi connectivity index (χ0v) is 17.2. The second-order valence-electron chi connectivity index (χ2n) is 6.48. The molecule has 0 spiro atoms. The van der Waals surface area contributed by atoms with Gasteiger partial charge in [0.15, 0.2) is 0 Å². The van der Waals surface area contributed by atoms with E-state index in [-0.39, 0.29) is 13.2 Å². The molecule has 0 N–H and O–H groups in total. The van der Waals surface area contributed by atoms with Gasteiger partial charge in [0.25, 0.3) is 0 Å². The van der Waals surface area contributed by atoms with Crippen LogP contribution in [-0.2, 0) is 19.0 Å². The van der Waals surface area contributed by atoms with Crippen molar-refractivity contribution in [3.63, 3.8) is 0 Å². The first kappa shape index (κ1) is 21.4. The average Bonchev–Trinajstić information content (AvgIpc) is 3.08. The zero-order valence-electron chi connectivity index (χ0n) is 17.2. The van der Waals surface area contributed by atoms with Crippen molar-refractivity contribution in [3.05, 3.63) is 65.4 Å². The summed E-state index contributed by atoms with van der Waals surface area (Å²) in [6.07, 6.45) is -0.936. The molecular formula is C23H24O7. The smallest absolute Gasteiger partial charge is 0.352 e. The van der Waals surface area contributed by atoms with Crippen LogP contribution in [0.5, 0.6) is 5.75 Å². The number of carbonyl (C=O) groups is 2. The fourth-order valence-corrected chi connectivity index (χ4v) is 3.05. The molecule has 1 atom stereocenters. The van der Waals surface area contributed by atoms with Gasteiger partial charge in [0.1, 0.15) is 29.3 Å². The largest absolute Gasteiger partial charge is 0.474 e. The van der Waals surface area contributed by atoms with Gasteiger partial charge in [-0.1, -0.05) is 30.3 Å². The van der Waals surface area contributed by atoms with E-state index in [1.165, 1.54) is 7.11 Å². The Bertz CT molecular complexity index is 1010. The molecule has 3 aromatic rings. The van der Waals surface area contributed by atoms with Crippen molar-refractivity contribution in [1.29, 1.82) is 0 Å². The van der Waals surface area contributed by atoms with Crippen molar-refractivity contribution in [1.82, 2.24) is 0 Å². The fourth-order valence-electron chi connectivity index (χ4n) is 3.05. The van der Waals surface area contributed by atoms with Gasteiger partial charge in [-0.3, -0.25) is 0 Å². The molecular weight excluding hydrogens is 388 g/mol. The number of hydrogen-bond acceptors (Lipinski definition) is 7. The van der Waals surface area contributed by atoms with Crippen LogP contribution < -0.4 is 4.74 Å². The molecule has 30 heavy (non-hydrogen) atoms. The number of esters is 2. The Labute approximate surface area is 174 Å². The van der Waals surface area contributed by atoms with Crippen LogP contribution in [0.3, 0.4) is 0 Å². The Morgan fingerprint density at radius 2 is 1.80 bits per heavy atom. The van der Waals surface area contributed by atoms with Gasteiger partial charge in [0.05, 0.1) is 13.2 Å². The van der Waals surface area contributed by atoms with Crippen LogP contribution in [0, 0.1) is 6.92 Å². The summed E-state index contributed by atoms with van der Waals surface area (Å²) in [6, 6.07) is 14.1. The summed E-state index contributed by atoms with van der Waals surface area (Å²) >= 11 is 0. The molecule has 1 heterocycles. The Morgan fingerprint density at radius 1 is 1.03 bits per heavy atom. The van der Waals surface area contributed by atoms with Crippen LogP contribution in [0.1, 0.15) is 34.7 Å². The monoisotopic (exact) mass is 412 g/mol. The van der Waals surface area contributed by atoms with E-state index < -0.39 is 18.0 Å². The van der Waals surface area contributed by atoms with Crippen LogP contribution in [0.25, 0.3) is 11.0 Å². The van der Waals surface area contributed by atoms with Crippen LogP contribution in [0.15, 0.2) is 52.9 Å². The number of ether oxygens (including phenoxy) is 4. The highest BCUT2D eigenvalue weighted by atomic mass is 16.6. The van der Waals surface area contributed by atoms with E-state index in [1.807, 2.05) is 18.2 Å². The molecule has 3 rings (SSSR count). The van der Waals surface area contributed by atoms with Gasteiger partial charge < -0.3 is 23.4 Å². The molecule has 2 aromatic carbocycles. The Hall–Kier alpha value is -3.32. The lowest BCUT2D eigenvalue weighted by Gasteiger charge is -2.18. The Morgan fingerprint density at radius 3 is 2.50 bits per heavy atom. The summed E-state index contributed by atoms with van der Waals surface area (Å²) in [5, 5.41) is 0.545. The molecule has 0 bridgehead atoms. The van der Waals surface area contributed by atoms with Gasteiger partial charge in [-0.05, 0) is 32.0 Å². The van der Waals surface area contributed by atoms with Gasteiger partial charge in [-0.2, -0.15) is 0 Å². The molecule has 0 aliphatic carbocycles. The first-order chi connectivity index (χ1) is 14.5. The highest BCUT2D eigenvalue weighted by molar-refractivity contribution is 6.04. The van der Waals surface area contributed by atoms with Gasteiger partial charge >= 0.3 is 11.9 Å². The number of aryl methyl sites for hydroxylation is 1. The van der Waals surface area contributed by atoms with Crippen LogP contribution in [0.2, 0.25) is 0 Å². The summed E-state index contributed by atoms with van der Waals surface area (Å²) in [5.41, 5.74) is 1.50. The molecule has 7 heteroatoms. The van der Waals surface area contributed by atoms with E-state index in [1.54, 1.807) is 44.2 Å². The summed E-state index contributed by atoms with van der Waals surface area (Å²) in [4.78, 5) is 25.0. The molecule has 0 aliphatic rings. The summed E-state index contributed by atoms with van der Waals surface area (Å²) in [7, 11) is 1.53. The maximum atomic E-state index is 12.5. The quantitative estimate of drug-likeness (QED) is 0.384. The van der Waals surface area contributed by atoms with E-state index in [4.69, 9.17) is 23.4 Å². The third kappa shape index (κ3) is 4.80. The van der Waals surface area contributed by atoms with Crippen molar-refractivity contribution in [2.75, 3.05) is 26.9 Å². The lowest BCUT2D eigenvalue weighted by molar-refractivity contribution is -0.151. The second-order valence-corrected chi connectivity index (χ2v) is 6.48. The number of furan rings is 1. The number of methoxy groups -OCH3 is 1. The number of benzene rings is 2. The standard InChI is InChI=1S/C23H24O7/c1-4-27-23(25)21(16-8-6-5-7-9-16)30-17-10-11-19-18(14-17)20(15(2)29-19)22(24)28-13-12-26-3/h5-11,14,21H,4,12-13H2,1-3H3/t21-/m0/s1. The molecule has 0 radical (unpaired) electrons. The normalized spacial score (nSPS) is 11.8. The molecule has 158 valence electrons. The SMILES string of the molecule is CCOC(=O)[C@@H](Oc1ccc2oc(C)c(C(=O)OCCOC)c2c1)c1ccccc1. The summed E-state index contributed by atoms with van der Waals surface area (Å²) < 4.78 is 27.0. The van der Waals surface area contributed by atoms with E-state index in [2.05, 4.69) is 0 Å². The predicted molar refractivity (Wildman–Crippen MR) is 110 cm³/mol. The van der Waals surface area contributed by atoms with Crippen LogP contribution >= 0.6 is 0 Å². The molecule has 0 aliphatic heterocycles. The maximum Gasteiger partial charge on any atom is 0.352 e. The molecule has 0 unspecified atom stereocenters. The first-order valence-corrected chi connectivity index (χ1v) is 9.62. The molecule has 0 saturated heterocycles. The van der Waals surface area contributed by atoms with Gasteiger partial charge in [0, 0.05) is 18.1 Å². The Balaban J connectivity index is 1.92. The van der Waals surface area contributed by atoms with Crippen molar-refractivity contribution in [2.24, 2.45) is 0 Å². The molecule has 0 saturated carbocycles. The number of fused-ring (bicyclic) bond motifs is 1. The van der Waals surface area contributed by atoms with Gasteiger partial charge in [0.2, 0.25) is 6.10 Å².